The van der Waals surface area contributed by atoms with Gasteiger partial charge in [-0.2, -0.15) is 0 Å². The molecule has 5 nitrogen and oxygen atoms in total. The first-order valence-electron chi connectivity index (χ1n) is 8.24. The molecule has 2 fully saturated rings. The zero-order chi connectivity index (χ0) is 15.4. The highest BCUT2D eigenvalue weighted by atomic mass is 16.4. The van der Waals surface area contributed by atoms with Gasteiger partial charge in [-0.25, -0.2) is 4.79 Å². The van der Waals surface area contributed by atoms with Crippen molar-refractivity contribution in [1.82, 2.24) is 9.80 Å². The number of amides is 2. The van der Waals surface area contributed by atoms with Gasteiger partial charge in [-0.3, -0.25) is 4.79 Å². The van der Waals surface area contributed by atoms with Gasteiger partial charge in [0.2, 0.25) is 0 Å². The zero-order valence-corrected chi connectivity index (χ0v) is 13.3. The number of carbonyl (C=O) groups excluding carboxylic acids is 1. The van der Waals surface area contributed by atoms with Crippen LogP contribution in [0.5, 0.6) is 0 Å². The molecule has 0 aromatic heterocycles. The van der Waals surface area contributed by atoms with Crippen molar-refractivity contribution in [3.8, 4) is 0 Å². The van der Waals surface area contributed by atoms with E-state index in [1.54, 1.807) is 0 Å². The monoisotopic (exact) mass is 296 g/mol. The number of nitrogens with zero attached hydrogens (tertiary/aromatic N) is 2. The average Bonchev–Trinajstić information content (AvgIpc) is 3.05. The molecular weight excluding hydrogens is 268 g/mol. The van der Waals surface area contributed by atoms with Crippen LogP contribution >= 0.6 is 0 Å². The van der Waals surface area contributed by atoms with Gasteiger partial charge in [-0.15, -0.1) is 0 Å². The second kappa shape index (κ2) is 7.14. The molecule has 1 atom stereocenters. The minimum atomic E-state index is -0.760. The molecule has 1 saturated carbocycles. The summed E-state index contributed by atoms with van der Waals surface area (Å²) < 4.78 is 0. The lowest BCUT2D eigenvalue weighted by Gasteiger charge is -2.34. The second-order valence-electron chi connectivity index (χ2n) is 6.97. The van der Waals surface area contributed by atoms with E-state index in [4.69, 9.17) is 5.11 Å². The summed E-state index contributed by atoms with van der Waals surface area (Å²) >= 11 is 0. The lowest BCUT2D eigenvalue weighted by Crippen LogP contribution is -2.48. The fourth-order valence-corrected chi connectivity index (χ4v) is 3.59. The van der Waals surface area contributed by atoms with Gasteiger partial charge in [0.15, 0.2) is 0 Å². The molecule has 120 valence electrons. The van der Waals surface area contributed by atoms with Crippen molar-refractivity contribution in [2.24, 2.45) is 11.8 Å². The van der Waals surface area contributed by atoms with E-state index in [1.165, 1.54) is 12.8 Å². The molecular formula is C16H28N2O3. The van der Waals surface area contributed by atoms with Crippen molar-refractivity contribution in [2.75, 3.05) is 19.6 Å². The minimum Gasteiger partial charge on any atom is -0.481 e. The molecule has 0 radical (unpaired) electrons. The van der Waals surface area contributed by atoms with Crippen LogP contribution in [0, 0.1) is 11.8 Å². The van der Waals surface area contributed by atoms with Gasteiger partial charge in [-0.1, -0.05) is 26.7 Å². The Balaban J connectivity index is 1.96. The fraction of sp³-hybridized carbons (Fsp3) is 0.875. The topological polar surface area (TPSA) is 60.9 Å². The number of carboxylic acid groups (broad SMARTS) is 1. The molecule has 0 aromatic carbocycles. The van der Waals surface area contributed by atoms with Crippen LogP contribution in [0.25, 0.3) is 0 Å². The molecule has 1 aliphatic heterocycles. The van der Waals surface area contributed by atoms with Crippen LogP contribution < -0.4 is 0 Å². The Hall–Kier alpha value is -1.26. The maximum Gasteiger partial charge on any atom is 0.320 e. The van der Waals surface area contributed by atoms with Gasteiger partial charge in [0.05, 0.1) is 0 Å². The van der Waals surface area contributed by atoms with Crippen LogP contribution in [0.2, 0.25) is 0 Å². The van der Waals surface area contributed by atoms with Crippen LogP contribution in [0.1, 0.15) is 52.4 Å². The molecule has 2 aliphatic rings. The Kier molecular flexibility index (Phi) is 5.48. The molecule has 1 aliphatic carbocycles. The van der Waals surface area contributed by atoms with Gasteiger partial charge in [0, 0.05) is 32.1 Å². The van der Waals surface area contributed by atoms with Crippen LogP contribution in [0.4, 0.5) is 4.79 Å². The average molecular weight is 296 g/mol. The van der Waals surface area contributed by atoms with Gasteiger partial charge < -0.3 is 14.9 Å². The summed E-state index contributed by atoms with van der Waals surface area (Å²) in [5.41, 5.74) is 0. The molecule has 2 amide bonds. The van der Waals surface area contributed by atoms with Gasteiger partial charge in [-0.05, 0) is 31.1 Å². The quantitative estimate of drug-likeness (QED) is 0.848. The first kappa shape index (κ1) is 16.1. The normalized spacial score (nSPS) is 23.0. The molecule has 0 bridgehead atoms. The van der Waals surface area contributed by atoms with Crippen LogP contribution in [0.3, 0.4) is 0 Å². The minimum absolute atomic E-state index is 0.121. The van der Waals surface area contributed by atoms with E-state index < -0.39 is 5.97 Å². The van der Waals surface area contributed by atoms with Crippen molar-refractivity contribution in [1.29, 1.82) is 0 Å². The first-order valence-corrected chi connectivity index (χ1v) is 8.24. The number of hydrogen-bond acceptors (Lipinski definition) is 2. The van der Waals surface area contributed by atoms with Crippen molar-refractivity contribution in [2.45, 2.75) is 58.4 Å². The smallest absolute Gasteiger partial charge is 0.320 e. The van der Waals surface area contributed by atoms with Crippen molar-refractivity contribution < 1.29 is 14.7 Å². The van der Waals surface area contributed by atoms with Crippen molar-refractivity contribution in [3.05, 3.63) is 0 Å². The predicted octanol–water partition coefficient (Wildman–Crippen LogP) is 2.80. The van der Waals surface area contributed by atoms with E-state index in [1.807, 2.05) is 4.90 Å². The van der Waals surface area contributed by atoms with E-state index in [2.05, 4.69) is 18.7 Å². The third kappa shape index (κ3) is 4.35. The highest BCUT2D eigenvalue weighted by Crippen LogP contribution is 2.27. The Morgan fingerprint density at radius 3 is 2.48 bits per heavy atom. The Morgan fingerprint density at radius 1 is 1.24 bits per heavy atom. The van der Waals surface area contributed by atoms with Crippen molar-refractivity contribution >= 4 is 12.0 Å². The van der Waals surface area contributed by atoms with Gasteiger partial charge in [0.25, 0.3) is 0 Å². The second-order valence-corrected chi connectivity index (χ2v) is 6.97. The highest BCUT2D eigenvalue weighted by molar-refractivity contribution is 5.75. The largest absolute Gasteiger partial charge is 0.481 e. The lowest BCUT2D eigenvalue weighted by atomic mass is 10.1. The van der Waals surface area contributed by atoms with E-state index in [-0.39, 0.29) is 18.4 Å². The molecule has 1 N–H and O–H groups in total. The maximum atomic E-state index is 12.8. The zero-order valence-electron chi connectivity index (χ0n) is 13.3. The number of urea groups is 1. The highest BCUT2D eigenvalue weighted by Gasteiger charge is 2.34. The van der Waals surface area contributed by atoms with Crippen LogP contribution in [-0.4, -0.2) is 52.6 Å². The van der Waals surface area contributed by atoms with Crippen molar-refractivity contribution in [3.63, 3.8) is 0 Å². The lowest BCUT2D eigenvalue weighted by molar-refractivity contribution is -0.138. The summed E-state index contributed by atoms with van der Waals surface area (Å²) in [4.78, 5) is 27.5. The molecule has 5 heteroatoms. The number of hydrogen-bond donors (Lipinski definition) is 1. The SMILES string of the molecule is CC(C)CN(C(=O)N1CCC(CC(=O)O)C1)C1CCCC1. The van der Waals surface area contributed by atoms with E-state index in [9.17, 15) is 9.59 Å². The standard InChI is InChI=1S/C16H28N2O3/c1-12(2)10-18(14-5-3-4-6-14)16(21)17-8-7-13(11-17)9-15(19)20/h12-14H,3-11H2,1-2H3,(H,19,20). The summed E-state index contributed by atoms with van der Waals surface area (Å²) in [6, 6.07) is 0.516. The molecule has 0 spiro atoms. The predicted molar refractivity (Wildman–Crippen MR) is 81.1 cm³/mol. The molecule has 1 saturated heterocycles. The summed E-state index contributed by atoms with van der Waals surface area (Å²) in [6.45, 7) is 6.41. The van der Waals surface area contributed by atoms with E-state index in [0.29, 0.717) is 25.0 Å². The summed E-state index contributed by atoms with van der Waals surface area (Å²) in [5.74, 6) is -0.174. The van der Waals surface area contributed by atoms with E-state index in [0.717, 1.165) is 25.8 Å². The summed E-state index contributed by atoms with van der Waals surface area (Å²) in [6.07, 6.45) is 5.66. The summed E-state index contributed by atoms with van der Waals surface area (Å²) in [5, 5.41) is 8.89. The third-order valence-electron chi connectivity index (χ3n) is 4.59. The first-order chi connectivity index (χ1) is 9.97. The molecule has 0 aromatic rings. The molecule has 2 rings (SSSR count). The third-order valence-corrected chi connectivity index (χ3v) is 4.59. The fourth-order valence-electron chi connectivity index (χ4n) is 3.59. The van der Waals surface area contributed by atoms with Crippen LogP contribution in [-0.2, 0) is 4.79 Å². The van der Waals surface area contributed by atoms with Gasteiger partial charge in [0.1, 0.15) is 0 Å². The Bertz CT molecular complexity index is 378. The Labute approximate surface area is 127 Å². The molecule has 1 heterocycles. The number of rotatable bonds is 5. The van der Waals surface area contributed by atoms with Gasteiger partial charge >= 0.3 is 12.0 Å². The van der Waals surface area contributed by atoms with Crippen LogP contribution in [0.15, 0.2) is 0 Å². The van der Waals surface area contributed by atoms with E-state index >= 15 is 0 Å². The summed E-state index contributed by atoms with van der Waals surface area (Å²) in [7, 11) is 0. The molecule has 21 heavy (non-hydrogen) atoms. The Morgan fingerprint density at radius 2 is 1.90 bits per heavy atom. The number of aliphatic carboxylic acids is 1. The number of carbonyl (C=O) groups is 2. The molecule has 1 unspecified atom stereocenters. The number of likely N-dealkylation sites (tertiary alicyclic amines) is 1. The number of carboxylic acids is 1. The maximum absolute atomic E-state index is 12.8.